The van der Waals surface area contributed by atoms with E-state index in [-0.39, 0.29) is 36.3 Å². The van der Waals surface area contributed by atoms with E-state index in [1.807, 2.05) is 13.8 Å². The molecule has 0 unspecified atom stereocenters. The number of rotatable bonds is 6. The van der Waals surface area contributed by atoms with E-state index in [9.17, 15) is 14.4 Å². The molecule has 21 heavy (non-hydrogen) atoms. The SMILES string of the molecule is CNC(=O)CCNc1c(N)n(CC(C)C)c(=O)n(C)c1=O. The molecule has 0 spiro atoms. The van der Waals surface area contributed by atoms with Gasteiger partial charge in [-0.05, 0) is 5.92 Å². The third kappa shape index (κ3) is 3.87. The van der Waals surface area contributed by atoms with E-state index in [0.717, 1.165) is 4.57 Å². The molecule has 8 nitrogen and oxygen atoms in total. The molecule has 0 aliphatic heterocycles. The molecule has 8 heteroatoms. The average Bonchev–Trinajstić information content (AvgIpc) is 2.44. The molecular weight excluding hydrogens is 274 g/mol. The maximum absolute atomic E-state index is 12.1. The second-order valence-electron chi connectivity index (χ2n) is 5.26. The lowest BCUT2D eigenvalue weighted by Crippen LogP contribution is -2.41. The fraction of sp³-hybridized carbons (Fsp3) is 0.615. The van der Waals surface area contributed by atoms with E-state index in [0.29, 0.717) is 6.54 Å². The lowest BCUT2D eigenvalue weighted by molar-refractivity contribution is -0.120. The van der Waals surface area contributed by atoms with Crippen LogP contribution in [0.3, 0.4) is 0 Å². The molecule has 1 aromatic rings. The zero-order valence-electron chi connectivity index (χ0n) is 12.9. The Kier molecular flexibility index (Phi) is 5.57. The summed E-state index contributed by atoms with van der Waals surface area (Å²) in [7, 11) is 2.95. The fourth-order valence-corrected chi connectivity index (χ4v) is 1.92. The van der Waals surface area contributed by atoms with Crippen LogP contribution in [0.1, 0.15) is 20.3 Å². The number of carbonyl (C=O) groups is 1. The summed E-state index contributed by atoms with van der Waals surface area (Å²) < 4.78 is 2.38. The number of nitrogen functional groups attached to an aromatic ring is 1. The van der Waals surface area contributed by atoms with Crippen molar-refractivity contribution in [2.75, 3.05) is 24.6 Å². The van der Waals surface area contributed by atoms with E-state index in [2.05, 4.69) is 10.6 Å². The first-order valence-corrected chi connectivity index (χ1v) is 6.83. The zero-order valence-corrected chi connectivity index (χ0v) is 12.9. The Morgan fingerprint density at radius 2 is 1.95 bits per heavy atom. The Bertz CT molecular complexity index is 630. The second-order valence-corrected chi connectivity index (χ2v) is 5.26. The van der Waals surface area contributed by atoms with Crippen molar-refractivity contribution in [3.05, 3.63) is 20.8 Å². The predicted molar refractivity (Wildman–Crippen MR) is 82.4 cm³/mol. The summed E-state index contributed by atoms with van der Waals surface area (Å²) >= 11 is 0. The first kappa shape index (κ1) is 16.8. The first-order chi connectivity index (χ1) is 9.79. The minimum Gasteiger partial charge on any atom is -0.383 e. The molecule has 0 radical (unpaired) electrons. The van der Waals surface area contributed by atoms with Crippen molar-refractivity contribution in [3.63, 3.8) is 0 Å². The van der Waals surface area contributed by atoms with Gasteiger partial charge < -0.3 is 16.4 Å². The van der Waals surface area contributed by atoms with Gasteiger partial charge in [-0.25, -0.2) is 4.79 Å². The van der Waals surface area contributed by atoms with Crippen molar-refractivity contribution >= 4 is 17.4 Å². The van der Waals surface area contributed by atoms with Crippen LogP contribution < -0.4 is 27.6 Å². The van der Waals surface area contributed by atoms with Crippen LogP contribution in [-0.2, 0) is 18.4 Å². The summed E-state index contributed by atoms with van der Waals surface area (Å²) in [5.41, 5.74) is 5.16. The largest absolute Gasteiger partial charge is 0.383 e. The van der Waals surface area contributed by atoms with E-state index in [4.69, 9.17) is 5.73 Å². The third-order valence-corrected chi connectivity index (χ3v) is 3.06. The molecule has 0 aromatic carbocycles. The molecule has 0 aliphatic rings. The number of hydrogen-bond acceptors (Lipinski definition) is 5. The van der Waals surface area contributed by atoms with Crippen LogP contribution in [0, 0.1) is 5.92 Å². The molecular formula is C13H23N5O3. The molecule has 0 fully saturated rings. The minimum atomic E-state index is -0.491. The maximum atomic E-state index is 12.1. The Hall–Kier alpha value is -2.25. The molecule has 1 rings (SSSR count). The van der Waals surface area contributed by atoms with Crippen LogP contribution in [0.5, 0.6) is 0 Å². The Balaban J connectivity index is 3.14. The summed E-state index contributed by atoms with van der Waals surface area (Å²) in [4.78, 5) is 35.4. The standard InChI is InChI=1S/C13H23N5O3/c1-8(2)7-18-11(14)10(12(20)17(4)13(18)21)16-6-5-9(19)15-3/h8,16H,5-7,14H2,1-4H3,(H,15,19). The molecule has 4 N–H and O–H groups in total. The Morgan fingerprint density at radius 1 is 1.33 bits per heavy atom. The quantitative estimate of drug-likeness (QED) is 0.645. The number of nitrogens with one attached hydrogen (secondary N) is 2. The molecule has 0 bridgehead atoms. The van der Waals surface area contributed by atoms with Gasteiger partial charge in [0.25, 0.3) is 5.56 Å². The number of carbonyl (C=O) groups excluding carboxylic acids is 1. The van der Waals surface area contributed by atoms with Gasteiger partial charge in [0.15, 0.2) is 0 Å². The summed E-state index contributed by atoms with van der Waals surface area (Å²) in [6.45, 7) is 4.59. The number of nitrogens with two attached hydrogens (primary N) is 1. The van der Waals surface area contributed by atoms with Crippen LogP contribution in [0.15, 0.2) is 9.59 Å². The van der Waals surface area contributed by atoms with Crippen molar-refractivity contribution in [3.8, 4) is 0 Å². The number of nitrogens with zero attached hydrogens (tertiary/aromatic N) is 2. The minimum absolute atomic E-state index is 0.105. The second kappa shape index (κ2) is 6.96. The molecule has 0 atom stereocenters. The molecule has 1 heterocycles. The van der Waals surface area contributed by atoms with Gasteiger partial charge in [0.2, 0.25) is 5.91 Å². The van der Waals surface area contributed by atoms with Gasteiger partial charge in [0.05, 0.1) is 0 Å². The lowest BCUT2D eigenvalue weighted by atomic mass is 10.2. The summed E-state index contributed by atoms with van der Waals surface area (Å²) in [6, 6.07) is 0. The lowest BCUT2D eigenvalue weighted by Gasteiger charge is -2.17. The Labute approximate surface area is 122 Å². The van der Waals surface area contributed by atoms with Gasteiger partial charge in [0.1, 0.15) is 11.5 Å². The van der Waals surface area contributed by atoms with Gasteiger partial charge >= 0.3 is 5.69 Å². The third-order valence-electron chi connectivity index (χ3n) is 3.06. The highest BCUT2D eigenvalue weighted by Gasteiger charge is 2.15. The van der Waals surface area contributed by atoms with Crippen LogP contribution in [0.25, 0.3) is 0 Å². The number of amides is 1. The summed E-state index contributed by atoms with van der Waals surface area (Å²) in [6.07, 6.45) is 0.211. The molecule has 1 aromatic heterocycles. The monoisotopic (exact) mass is 297 g/mol. The van der Waals surface area contributed by atoms with Crippen LogP contribution >= 0.6 is 0 Å². The van der Waals surface area contributed by atoms with Gasteiger partial charge in [-0.1, -0.05) is 13.8 Å². The topological polar surface area (TPSA) is 111 Å². The normalized spacial score (nSPS) is 10.7. The maximum Gasteiger partial charge on any atom is 0.332 e. The summed E-state index contributed by atoms with van der Waals surface area (Å²) in [5, 5.41) is 5.34. The highest BCUT2D eigenvalue weighted by molar-refractivity contribution is 5.76. The van der Waals surface area contributed by atoms with Crippen LogP contribution in [-0.4, -0.2) is 28.6 Å². The van der Waals surface area contributed by atoms with Crippen LogP contribution in [0.4, 0.5) is 11.5 Å². The van der Waals surface area contributed by atoms with Crippen molar-refractivity contribution in [2.24, 2.45) is 13.0 Å². The van der Waals surface area contributed by atoms with Gasteiger partial charge in [-0.2, -0.15) is 0 Å². The number of aromatic nitrogens is 2. The highest BCUT2D eigenvalue weighted by Crippen LogP contribution is 2.12. The zero-order chi connectivity index (χ0) is 16.2. The van der Waals surface area contributed by atoms with E-state index >= 15 is 0 Å². The number of hydrogen-bond donors (Lipinski definition) is 3. The first-order valence-electron chi connectivity index (χ1n) is 6.83. The Morgan fingerprint density at radius 3 is 2.48 bits per heavy atom. The summed E-state index contributed by atoms with van der Waals surface area (Å²) in [5.74, 6) is 0.170. The van der Waals surface area contributed by atoms with E-state index in [1.165, 1.54) is 11.6 Å². The molecule has 1 amide bonds. The van der Waals surface area contributed by atoms with Crippen LogP contribution in [0.2, 0.25) is 0 Å². The fourth-order valence-electron chi connectivity index (χ4n) is 1.92. The van der Waals surface area contributed by atoms with Crippen molar-refractivity contribution in [1.82, 2.24) is 14.5 Å². The molecule has 0 saturated heterocycles. The van der Waals surface area contributed by atoms with Crippen molar-refractivity contribution in [1.29, 1.82) is 0 Å². The van der Waals surface area contributed by atoms with Gasteiger partial charge in [-0.3, -0.25) is 18.7 Å². The predicted octanol–water partition coefficient (Wildman–Crippen LogP) is -0.667. The highest BCUT2D eigenvalue weighted by atomic mass is 16.2. The smallest absolute Gasteiger partial charge is 0.332 e. The average molecular weight is 297 g/mol. The van der Waals surface area contributed by atoms with Crippen molar-refractivity contribution < 1.29 is 4.79 Å². The molecule has 0 saturated carbocycles. The van der Waals surface area contributed by atoms with E-state index < -0.39 is 11.2 Å². The number of anilines is 2. The van der Waals surface area contributed by atoms with E-state index in [1.54, 1.807) is 7.05 Å². The van der Waals surface area contributed by atoms with Gasteiger partial charge in [-0.15, -0.1) is 0 Å². The molecule has 0 aliphatic carbocycles. The molecule has 118 valence electrons. The van der Waals surface area contributed by atoms with Gasteiger partial charge in [0, 0.05) is 33.6 Å². The van der Waals surface area contributed by atoms with Crippen molar-refractivity contribution in [2.45, 2.75) is 26.8 Å².